The predicted octanol–water partition coefficient (Wildman–Crippen LogP) is 8.68. The van der Waals surface area contributed by atoms with Crippen molar-refractivity contribution in [3.8, 4) is 11.1 Å². The number of carbonyl (C=O) groups is 4. The number of carbonyl (C=O) groups excluding carboxylic acids is 4. The number of ether oxygens (including phenoxy) is 2. The SMILES string of the molecule is CC(=CC(=O)c1ccccc1)OC(=O)[C@H](CC(=O)NC(c1ccccc1)(c1ccccc1)c1ccccc1)NC(=O)OCc1cccc2c1Cc1ccccc1-2. The number of alkyl carbamates (subject to hydrolysis) is 1. The average molecular weight is 741 g/mol. The lowest BCUT2D eigenvalue weighted by Crippen LogP contribution is -2.51. The van der Waals surface area contributed by atoms with Crippen molar-refractivity contribution in [2.45, 2.75) is 38.0 Å². The Morgan fingerprint density at radius 2 is 1.20 bits per heavy atom. The van der Waals surface area contributed by atoms with E-state index in [0.29, 0.717) is 12.0 Å². The summed E-state index contributed by atoms with van der Waals surface area (Å²) in [5.74, 6) is -1.86. The number of hydrogen-bond acceptors (Lipinski definition) is 6. The molecule has 278 valence electrons. The van der Waals surface area contributed by atoms with Crippen LogP contribution in [0.15, 0.2) is 176 Å². The molecule has 0 spiro atoms. The Labute approximate surface area is 325 Å². The predicted molar refractivity (Wildman–Crippen MR) is 214 cm³/mol. The first-order valence-electron chi connectivity index (χ1n) is 18.4. The van der Waals surface area contributed by atoms with Crippen LogP contribution in [0.2, 0.25) is 0 Å². The van der Waals surface area contributed by atoms with Gasteiger partial charge in [0.1, 0.15) is 23.9 Å². The topological polar surface area (TPSA) is 111 Å². The van der Waals surface area contributed by atoms with Crippen LogP contribution in [-0.4, -0.2) is 29.8 Å². The second-order valence-electron chi connectivity index (χ2n) is 13.6. The Bertz CT molecular complexity index is 2280. The van der Waals surface area contributed by atoms with Gasteiger partial charge in [-0.3, -0.25) is 9.59 Å². The zero-order valence-corrected chi connectivity index (χ0v) is 30.8. The number of amides is 2. The fraction of sp³-hybridized carbons (Fsp3) is 0.125. The van der Waals surface area contributed by atoms with Crippen molar-refractivity contribution in [3.63, 3.8) is 0 Å². The summed E-state index contributed by atoms with van der Waals surface area (Å²) >= 11 is 0. The summed E-state index contributed by atoms with van der Waals surface area (Å²) in [6.07, 6.45) is 0.497. The van der Waals surface area contributed by atoms with Gasteiger partial charge in [-0.05, 0) is 57.9 Å². The minimum Gasteiger partial charge on any atom is -0.445 e. The maximum atomic E-state index is 14.4. The van der Waals surface area contributed by atoms with Crippen LogP contribution in [0, 0.1) is 0 Å². The van der Waals surface area contributed by atoms with Crippen LogP contribution in [0.1, 0.15) is 57.1 Å². The van der Waals surface area contributed by atoms with Gasteiger partial charge in [0.05, 0.1) is 6.42 Å². The summed E-state index contributed by atoms with van der Waals surface area (Å²) in [7, 11) is 0. The summed E-state index contributed by atoms with van der Waals surface area (Å²) in [4.78, 5) is 54.6. The van der Waals surface area contributed by atoms with E-state index in [0.717, 1.165) is 38.9 Å². The molecule has 0 saturated heterocycles. The molecule has 6 aromatic rings. The first-order valence-corrected chi connectivity index (χ1v) is 18.4. The third-order valence-electron chi connectivity index (χ3n) is 9.87. The quantitative estimate of drug-likeness (QED) is 0.0403. The Morgan fingerprint density at radius 3 is 1.80 bits per heavy atom. The summed E-state index contributed by atoms with van der Waals surface area (Å²) in [6.45, 7) is 1.41. The van der Waals surface area contributed by atoms with E-state index in [1.165, 1.54) is 18.6 Å². The molecule has 8 nitrogen and oxygen atoms in total. The molecule has 7 rings (SSSR count). The van der Waals surface area contributed by atoms with Crippen molar-refractivity contribution in [3.05, 3.63) is 215 Å². The van der Waals surface area contributed by atoms with E-state index in [-0.39, 0.29) is 18.1 Å². The second kappa shape index (κ2) is 17.0. The Kier molecular flexibility index (Phi) is 11.3. The van der Waals surface area contributed by atoms with Gasteiger partial charge >= 0.3 is 12.1 Å². The fourth-order valence-corrected chi connectivity index (χ4v) is 7.24. The summed E-state index contributed by atoms with van der Waals surface area (Å²) in [6, 6.07) is 49.8. The zero-order chi connectivity index (χ0) is 38.9. The van der Waals surface area contributed by atoms with Gasteiger partial charge in [-0.15, -0.1) is 0 Å². The molecule has 1 aliphatic carbocycles. The van der Waals surface area contributed by atoms with Crippen molar-refractivity contribution in [1.29, 1.82) is 0 Å². The number of hydrogen-bond donors (Lipinski definition) is 2. The molecule has 2 amide bonds. The number of rotatable bonds is 13. The van der Waals surface area contributed by atoms with Gasteiger partial charge in [-0.25, -0.2) is 9.59 Å². The van der Waals surface area contributed by atoms with Gasteiger partial charge in [-0.2, -0.15) is 0 Å². The normalized spacial score (nSPS) is 12.4. The Morgan fingerprint density at radius 1 is 0.661 bits per heavy atom. The molecule has 6 aromatic carbocycles. The molecule has 8 heteroatoms. The molecular weight excluding hydrogens is 701 g/mol. The molecule has 0 fully saturated rings. The lowest BCUT2D eigenvalue weighted by Gasteiger charge is -2.37. The van der Waals surface area contributed by atoms with Gasteiger partial charge in [0.25, 0.3) is 0 Å². The molecule has 0 unspecified atom stereocenters. The van der Waals surface area contributed by atoms with Gasteiger partial charge in [0.15, 0.2) is 5.78 Å². The maximum absolute atomic E-state index is 14.4. The average Bonchev–Trinajstić information content (AvgIpc) is 3.62. The van der Waals surface area contributed by atoms with E-state index in [4.69, 9.17) is 9.47 Å². The second-order valence-corrected chi connectivity index (χ2v) is 13.6. The van der Waals surface area contributed by atoms with E-state index >= 15 is 0 Å². The molecule has 0 heterocycles. The van der Waals surface area contributed by atoms with E-state index in [1.54, 1.807) is 30.3 Å². The standard InChI is InChI=1S/C48H40N2O6/c1-33(29-44(51)34-17-6-2-7-18-34)56-46(53)43(49-47(54)55-32-36-20-16-28-41-40-27-15-14-19-35(40)30-42(36)41)31-45(52)50-48(37-21-8-3-9-22-37,38-23-10-4-11-24-38)39-25-12-5-13-26-39/h2-29,43H,30-32H2,1H3,(H,49,54)(H,50,52)/t43-/m0/s1. The van der Waals surface area contributed by atoms with Crippen molar-refractivity contribution in [2.24, 2.45) is 0 Å². The monoisotopic (exact) mass is 740 g/mol. The molecule has 0 aliphatic heterocycles. The molecule has 0 saturated carbocycles. The number of benzene rings is 6. The van der Waals surface area contributed by atoms with Crippen LogP contribution >= 0.6 is 0 Å². The first kappa shape index (κ1) is 37.3. The van der Waals surface area contributed by atoms with Gasteiger partial charge in [-0.1, -0.05) is 164 Å². The van der Waals surface area contributed by atoms with E-state index in [2.05, 4.69) is 22.8 Å². The third kappa shape index (κ3) is 8.20. The Balaban J connectivity index is 1.15. The molecule has 0 bridgehead atoms. The van der Waals surface area contributed by atoms with Crippen LogP contribution in [0.4, 0.5) is 4.79 Å². The van der Waals surface area contributed by atoms with E-state index in [1.807, 2.05) is 121 Å². The summed E-state index contributed by atoms with van der Waals surface area (Å²) in [5.41, 5.74) is 6.94. The van der Waals surface area contributed by atoms with Crippen molar-refractivity contribution < 1.29 is 28.7 Å². The molecule has 0 aromatic heterocycles. The highest BCUT2D eigenvalue weighted by atomic mass is 16.6. The smallest absolute Gasteiger partial charge is 0.408 e. The minimum absolute atomic E-state index is 0.00366. The molecule has 56 heavy (non-hydrogen) atoms. The molecule has 1 aliphatic rings. The molecular formula is C48H40N2O6. The lowest BCUT2D eigenvalue weighted by molar-refractivity contribution is -0.143. The third-order valence-corrected chi connectivity index (χ3v) is 9.87. The van der Waals surface area contributed by atoms with E-state index in [9.17, 15) is 19.2 Å². The number of esters is 1. The lowest BCUT2D eigenvalue weighted by atomic mass is 9.77. The van der Waals surface area contributed by atoms with Gasteiger partial charge < -0.3 is 20.1 Å². The largest absolute Gasteiger partial charge is 0.445 e. The van der Waals surface area contributed by atoms with Crippen molar-refractivity contribution >= 4 is 23.8 Å². The van der Waals surface area contributed by atoms with E-state index < -0.39 is 36.0 Å². The first-order chi connectivity index (χ1) is 27.3. The molecule has 1 atom stereocenters. The number of allylic oxidation sites excluding steroid dienone is 2. The van der Waals surface area contributed by atoms with Crippen LogP contribution in [-0.2, 0) is 37.6 Å². The number of nitrogens with one attached hydrogen (secondary N) is 2. The maximum Gasteiger partial charge on any atom is 0.408 e. The van der Waals surface area contributed by atoms with Crippen LogP contribution in [0.3, 0.4) is 0 Å². The number of ketones is 1. The van der Waals surface area contributed by atoms with Crippen LogP contribution in [0.25, 0.3) is 11.1 Å². The Hall–Kier alpha value is -7.06. The minimum atomic E-state index is -1.48. The van der Waals surface area contributed by atoms with Gasteiger partial charge in [0.2, 0.25) is 5.91 Å². The number of fused-ring (bicyclic) bond motifs is 3. The van der Waals surface area contributed by atoms with Gasteiger partial charge in [0, 0.05) is 11.6 Å². The fourth-order valence-electron chi connectivity index (χ4n) is 7.24. The molecule has 2 N–H and O–H groups in total. The summed E-state index contributed by atoms with van der Waals surface area (Å²) in [5, 5.41) is 5.82. The zero-order valence-electron chi connectivity index (χ0n) is 30.8. The molecule has 0 radical (unpaired) electrons. The highest BCUT2D eigenvalue weighted by molar-refractivity contribution is 6.05. The van der Waals surface area contributed by atoms with Crippen LogP contribution in [0.5, 0.6) is 0 Å². The van der Waals surface area contributed by atoms with Crippen molar-refractivity contribution in [2.75, 3.05) is 0 Å². The summed E-state index contributed by atoms with van der Waals surface area (Å²) < 4.78 is 11.3. The highest BCUT2D eigenvalue weighted by Crippen LogP contribution is 2.39. The van der Waals surface area contributed by atoms with Crippen molar-refractivity contribution in [1.82, 2.24) is 10.6 Å². The van der Waals surface area contributed by atoms with Crippen LogP contribution < -0.4 is 10.6 Å². The highest BCUT2D eigenvalue weighted by Gasteiger charge is 2.39.